The van der Waals surface area contributed by atoms with Gasteiger partial charge in [-0.2, -0.15) is 0 Å². The fourth-order valence-corrected chi connectivity index (χ4v) is 1.83. The lowest BCUT2D eigenvalue weighted by molar-refractivity contribution is -0.107. The molecule has 0 unspecified atom stereocenters. The molecule has 4 nitrogen and oxygen atoms in total. The maximum Gasteiger partial charge on any atom is 0.276 e. The molecule has 0 spiro atoms. The van der Waals surface area contributed by atoms with Gasteiger partial charge in [0.15, 0.2) is 0 Å². The Morgan fingerprint density at radius 3 is 3.06 bits per heavy atom. The summed E-state index contributed by atoms with van der Waals surface area (Å²) in [5.74, 6) is 0.517. The standard InChI is InChI=1S/C11H9FN2O2S/c12-9-4-1-3-8(7-9)10-13-14-11(16-10)17-6-2-5-15/h1,3-5,7H,2,6H2. The van der Waals surface area contributed by atoms with Gasteiger partial charge in [0.05, 0.1) is 0 Å². The number of carbonyl (C=O) groups excluding carboxylic acids is 1. The summed E-state index contributed by atoms with van der Waals surface area (Å²) < 4.78 is 18.3. The van der Waals surface area contributed by atoms with E-state index in [0.29, 0.717) is 23.0 Å². The minimum Gasteiger partial charge on any atom is -0.411 e. The van der Waals surface area contributed by atoms with Crippen LogP contribution in [-0.4, -0.2) is 22.2 Å². The third-order valence-electron chi connectivity index (χ3n) is 1.94. The number of halogens is 1. The first-order valence-electron chi connectivity index (χ1n) is 4.95. The van der Waals surface area contributed by atoms with Crippen LogP contribution < -0.4 is 0 Å². The number of benzene rings is 1. The molecular weight excluding hydrogens is 243 g/mol. The van der Waals surface area contributed by atoms with Crippen LogP contribution in [0.25, 0.3) is 11.5 Å². The summed E-state index contributed by atoms with van der Waals surface area (Å²) in [6.45, 7) is 0. The highest BCUT2D eigenvalue weighted by atomic mass is 32.2. The van der Waals surface area contributed by atoms with Gasteiger partial charge < -0.3 is 9.21 Å². The van der Waals surface area contributed by atoms with Gasteiger partial charge in [-0.05, 0) is 18.2 Å². The van der Waals surface area contributed by atoms with Gasteiger partial charge in [0.1, 0.15) is 12.1 Å². The number of hydrogen-bond donors (Lipinski definition) is 0. The predicted octanol–water partition coefficient (Wildman–Crippen LogP) is 2.56. The molecule has 0 N–H and O–H groups in total. The zero-order chi connectivity index (χ0) is 12.1. The number of aromatic nitrogens is 2. The molecular formula is C11H9FN2O2S. The van der Waals surface area contributed by atoms with Crippen molar-refractivity contribution in [2.24, 2.45) is 0 Å². The summed E-state index contributed by atoms with van der Waals surface area (Å²) in [6, 6.07) is 5.94. The van der Waals surface area contributed by atoms with Crippen LogP contribution in [0, 0.1) is 5.82 Å². The van der Waals surface area contributed by atoms with E-state index in [0.717, 1.165) is 6.29 Å². The number of aldehydes is 1. The van der Waals surface area contributed by atoms with Crippen molar-refractivity contribution < 1.29 is 13.6 Å². The molecule has 0 aliphatic heterocycles. The van der Waals surface area contributed by atoms with Gasteiger partial charge in [-0.15, -0.1) is 10.2 Å². The number of rotatable bonds is 5. The van der Waals surface area contributed by atoms with Crippen LogP contribution >= 0.6 is 11.8 Å². The summed E-state index contributed by atoms with van der Waals surface area (Å²) in [5, 5.41) is 8.00. The first-order chi connectivity index (χ1) is 8.29. The molecule has 1 aromatic heterocycles. The van der Waals surface area contributed by atoms with E-state index in [1.54, 1.807) is 12.1 Å². The van der Waals surface area contributed by atoms with Gasteiger partial charge >= 0.3 is 0 Å². The fourth-order valence-electron chi connectivity index (χ4n) is 1.20. The molecule has 6 heteroatoms. The van der Waals surface area contributed by atoms with Crippen molar-refractivity contribution in [1.29, 1.82) is 0 Å². The average molecular weight is 252 g/mol. The topological polar surface area (TPSA) is 56.0 Å². The molecule has 0 bridgehead atoms. The maximum absolute atomic E-state index is 13.0. The lowest BCUT2D eigenvalue weighted by Crippen LogP contribution is -1.80. The zero-order valence-corrected chi connectivity index (χ0v) is 9.61. The lowest BCUT2D eigenvalue weighted by Gasteiger charge is -1.94. The van der Waals surface area contributed by atoms with E-state index in [4.69, 9.17) is 4.42 Å². The maximum atomic E-state index is 13.0. The van der Waals surface area contributed by atoms with Crippen molar-refractivity contribution in [1.82, 2.24) is 10.2 Å². The van der Waals surface area contributed by atoms with Crippen LogP contribution in [0.2, 0.25) is 0 Å². The monoisotopic (exact) mass is 252 g/mol. The molecule has 0 aliphatic carbocycles. The Morgan fingerprint density at radius 1 is 1.41 bits per heavy atom. The third-order valence-corrected chi connectivity index (χ3v) is 2.79. The largest absolute Gasteiger partial charge is 0.411 e. The highest BCUT2D eigenvalue weighted by Gasteiger charge is 2.09. The second kappa shape index (κ2) is 5.58. The van der Waals surface area contributed by atoms with Crippen molar-refractivity contribution in [3.8, 4) is 11.5 Å². The Balaban J connectivity index is 2.10. The second-order valence-electron chi connectivity index (χ2n) is 3.19. The van der Waals surface area contributed by atoms with E-state index in [2.05, 4.69) is 10.2 Å². The van der Waals surface area contributed by atoms with Gasteiger partial charge in [0, 0.05) is 17.7 Å². The van der Waals surface area contributed by atoms with Crippen molar-refractivity contribution in [3.63, 3.8) is 0 Å². The number of nitrogens with zero attached hydrogens (tertiary/aromatic N) is 2. The quantitative estimate of drug-likeness (QED) is 0.465. The first-order valence-corrected chi connectivity index (χ1v) is 5.94. The highest BCUT2D eigenvalue weighted by molar-refractivity contribution is 7.99. The average Bonchev–Trinajstić information content (AvgIpc) is 2.78. The predicted molar refractivity (Wildman–Crippen MR) is 61.1 cm³/mol. The zero-order valence-electron chi connectivity index (χ0n) is 8.80. The van der Waals surface area contributed by atoms with Crippen molar-refractivity contribution in [2.45, 2.75) is 11.6 Å². The molecule has 2 rings (SSSR count). The van der Waals surface area contributed by atoms with E-state index in [1.807, 2.05) is 0 Å². The smallest absolute Gasteiger partial charge is 0.276 e. The third kappa shape index (κ3) is 3.13. The Morgan fingerprint density at radius 2 is 2.29 bits per heavy atom. The normalized spacial score (nSPS) is 10.4. The molecule has 0 saturated carbocycles. The molecule has 2 aromatic rings. The SMILES string of the molecule is O=CCCSc1nnc(-c2cccc(F)c2)o1. The molecule has 0 saturated heterocycles. The Kier molecular flexibility index (Phi) is 3.87. The van der Waals surface area contributed by atoms with Crippen LogP contribution in [0.1, 0.15) is 6.42 Å². The number of carbonyl (C=O) groups is 1. The summed E-state index contributed by atoms with van der Waals surface area (Å²) in [5.41, 5.74) is 0.541. The molecule has 1 aromatic carbocycles. The minimum absolute atomic E-state index is 0.276. The van der Waals surface area contributed by atoms with E-state index in [-0.39, 0.29) is 11.7 Å². The van der Waals surface area contributed by atoms with Gasteiger partial charge in [-0.1, -0.05) is 17.8 Å². The molecule has 17 heavy (non-hydrogen) atoms. The van der Waals surface area contributed by atoms with E-state index < -0.39 is 0 Å². The van der Waals surface area contributed by atoms with Crippen LogP contribution in [-0.2, 0) is 4.79 Å². The molecule has 0 radical (unpaired) electrons. The second-order valence-corrected chi connectivity index (χ2v) is 4.23. The van der Waals surface area contributed by atoms with Crippen LogP contribution in [0.4, 0.5) is 4.39 Å². The van der Waals surface area contributed by atoms with Gasteiger partial charge in [-0.25, -0.2) is 4.39 Å². The van der Waals surface area contributed by atoms with Gasteiger partial charge in [0.2, 0.25) is 5.89 Å². The summed E-state index contributed by atoms with van der Waals surface area (Å²) in [6.07, 6.45) is 1.26. The summed E-state index contributed by atoms with van der Waals surface area (Å²) in [7, 11) is 0. The van der Waals surface area contributed by atoms with Crippen LogP contribution in [0.3, 0.4) is 0 Å². The van der Waals surface area contributed by atoms with Crippen LogP contribution in [0.5, 0.6) is 0 Å². The Labute approximate surface area is 101 Å². The minimum atomic E-state index is -0.351. The van der Waals surface area contributed by atoms with Crippen molar-refractivity contribution in [3.05, 3.63) is 30.1 Å². The molecule has 0 fully saturated rings. The van der Waals surface area contributed by atoms with E-state index >= 15 is 0 Å². The van der Waals surface area contributed by atoms with Gasteiger partial charge in [-0.3, -0.25) is 0 Å². The first kappa shape index (κ1) is 11.8. The summed E-state index contributed by atoms with van der Waals surface area (Å²) >= 11 is 1.30. The van der Waals surface area contributed by atoms with Crippen molar-refractivity contribution in [2.75, 3.05) is 5.75 Å². The molecule has 88 valence electrons. The summed E-state index contributed by atoms with van der Waals surface area (Å²) in [4.78, 5) is 10.1. The fraction of sp³-hybridized carbons (Fsp3) is 0.182. The van der Waals surface area contributed by atoms with Gasteiger partial charge in [0.25, 0.3) is 5.22 Å². The van der Waals surface area contributed by atoms with Crippen molar-refractivity contribution >= 4 is 18.0 Å². The van der Waals surface area contributed by atoms with E-state index in [9.17, 15) is 9.18 Å². The van der Waals surface area contributed by atoms with Crippen LogP contribution in [0.15, 0.2) is 33.9 Å². The van der Waals surface area contributed by atoms with E-state index in [1.165, 1.54) is 23.9 Å². The molecule has 1 heterocycles. The molecule has 0 atom stereocenters. The number of thioether (sulfide) groups is 1. The highest BCUT2D eigenvalue weighted by Crippen LogP contribution is 2.23. The lowest BCUT2D eigenvalue weighted by atomic mass is 10.2. The Hall–Kier alpha value is -1.69. The Bertz CT molecular complexity index is 516. The number of hydrogen-bond acceptors (Lipinski definition) is 5. The molecule has 0 aliphatic rings. The molecule has 0 amide bonds.